The minimum atomic E-state index is 0.470. The Bertz CT molecular complexity index is 197. The van der Waals surface area contributed by atoms with Crippen LogP contribution in [0.3, 0.4) is 0 Å². The number of hydrogen-bond acceptors (Lipinski definition) is 2. The molecule has 0 spiro atoms. The maximum atomic E-state index is 5.96. The van der Waals surface area contributed by atoms with Gasteiger partial charge in [-0.3, -0.25) is 4.90 Å². The van der Waals surface area contributed by atoms with Crippen molar-refractivity contribution in [3.05, 3.63) is 0 Å². The molecule has 2 rings (SSSR count). The fourth-order valence-corrected chi connectivity index (χ4v) is 3.32. The third kappa shape index (κ3) is 2.54. The molecule has 15 heavy (non-hydrogen) atoms. The lowest BCUT2D eigenvalue weighted by Gasteiger charge is -2.44. The molecule has 2 aliphatic rings. The molecule has 1 saturated carbocycles. The van der Waals surface area contributed by atoms with E-state index in [1.54, 1.807) is 0 Å². The van der Waals surface area contributed by atoms with Crippen LogP contribution in [0.1, 0.15) is 46.0 Å². The second kappa shape index (κ2) is 4.84. The third-order valence-electron chi connectivity index (χ3n) is 4.71. The van der Waals surface area contributed by atoms with Gasteiger partial charge in [0.05, 0.1) is 0 Å². The first kappa shape index (κ1) is 11.4. The minimum Gasteiger partial charge on any atom is -0.328 e. The zero-order chi connectivity index (χ0) is 10.8. The largest absolute Gasteiger partial charge is 0.328 e. The van der Waals surface area contributed by atoms with E-state index in [4.69, 9.17) is 5.73 Å². The molecule has 1 heterocycles. The minimum absolute atomic E-state index is 0.470. The summed E-state index contributed by atoms with van der Waals surface area (Å²) in [4.78, 5) is 2.71. The number of nitrogens with two attached hydrogens (primary N) is 1. The van der Waals surface area contributed by atoms with Crippen molar-refractivity contribution in [1.82, 2.24) is 4.90 Å². The Morgan fingerprint density at radius 2 is 1.67 bits per heavy atom. The van der Waals surface area contributed by atoms with E-state index in [2.05, 4.69) is 18.7 Å². The third-order valence-corrected chi connectivity index (χ3v) is 4.71. The first-order chi connectivity index (χ1) is 7.18. The lowest BCUT2D eigenvalue weighted by Crippen LogP contribution is -2.49. The molecule has 3 unspecified atom stereocenters. The fraction of sp³-hybridized carbons (Fsp3) is 1.00. The summed E-state index contributed by atoms with van der Waals surface area (Å²) in [5.74, 6) is 1.80. The van der Waals surface area contributed by atoms with Crippen molar-refractivity contribution >= 4 is 0 Å². The highest BCUT2D eigenvalue weighted by Gasteiger charge is 2.32. The van der Waals surface area contributed by atoms with Crippen molar-refractivity contribution in [2.45, 2.75) is 58.0 Å². The van der Waals surface area contributed by atoms with Crippen LogP contribution >= 0.6 is 0 Å². The molecule has 2 heteroatoms. The van der Waals surface area contributed by atoms with E-state index >= 15 is 0 Å². The van der Waals surface area contributed by atoms with E-state index in [0.29, 0.717) is 6.04 Å². The predicted molar refractivity (Wildman–Crippen MR) is 64.7 cm³/mol. The average molecular weight is 210 g/mol. The highest BCUT2D eigenvalue weighted by atomic mass is 15.2. The Morgan fingerprint density at radius 1 is 1.00 bits per heavy atom. The van der Waals surface area contributed by atoms with E-state index in [0.717, 1.165) is 17.9 Å². The van der Waals surface area contributed by atoms with Crippen LogP contribution in [0.25, 0.3) is 0 Å². The molecule has 1 saturated heterocycles. The zero-order valence-electron chi connectivity index (χ0n) is 10.3. The fourth-order valence-electron chi connectivity index (χ4n) is 3.32. The van der Waals surface area contributed by atoms with Gasteiger partial charge in [-0.1, -0.05) is 26.7 Å². The van der Waals surface area contributed by atoms with Gasteiger partial charge in [-0.15, -0.1) is 0 Å². The Balaban J connectivity index is 1.91. The Kier molecular flexibility index (Phi) is 3.68. The van der Waals surface area contributed by atoms with Crippen molar-refractivity contribution in [2.24, 2.45) is 17.6 Å². The molecule has 88 valence electrons. The van der Waals surface area contributed by atoms with Gasteiger partial charge in [-0.2, -0.15) is 0 Å². The summed E-state index contributed by atoms with van der Waals surface area (Å²) < 4.78 is 0. The number of nitrogens with zero attached hydrogens (tertiary/aromatic N) is 1. The molecule has 0 aromatic carbocycles. The van der Waals surface area contributed by atoms with Crippen LogP contribution in [0.5, 0.6) is 0 Å². The van der Waals surface area contributed by atoms with Crippen molar-refractivity contribution < 1.29 is 0 Å². The van der Waals surface area contributed by atoms with Crippen molar-refractivity contribution in [3.63, 3.8) is 0 Å². The van der Waals surface area contributed by atoms with Gasteiger partial charge in [0.2, 0.25) is 0 Å². The Hall–Kier alpha value is -0.0800. The van der Waals surface area contributed by atoms with Gasteiger partial charge in [-0.05, 0) is 44.2 Å². The molecular weight excluding hydrogens is 184 g/mol. The predicted octanol–water partition coefficient (Wildman–Crippen LogP) is 2.23. The molecule has 1 aliphatic carbocycles. The van der Waals surface area contributed by atoms with E-state index in [-0.39, 0.29) is 0 Å². The second-order valence-electron chi connectivity index (χ2n) is 5.71. The monoisotopic (exact) mass is 210 g/mol. The molecule has 2 nitrogen and oxygen atoms in total. The number of rotatable bonds is 1. The van der Waals surface area contributed by atoms with Gasteiger partial charge >= 0.3 is 0 Å². The molecule has 0 aromatic heterocycles. The van der Waals surface area contributed by atoms with Gasteiger partial charge < -0.3 is 5.73 Å². The summed E-state index contributed by atoms with van der Waals surface area (Å²) in [5, 5.41) is 0. The van der Waals surface area contributed by atoms with E-state index < -0.39 is 0 Å². The molecular formula is C13H26N2. The first-order valence-corrected chi connectivity index (χ1v) is 6.68. The SMILES string of the molecule is CC1CCCC(N2CCC(N)CC2)C1C. The summed E-state index contributed by atoms with van der Waals surface area (Å²) in [6, 6.07) is 1.32. The van der Waals surface area contributed by atoms with Gasteiger partial charge in [-0.25, -0.2) is 0 Å². The molecule has 2 fully saturated rings. The molecule has 0 amide bonds. The maximum Gasteiger partial charge on any atom is 0.0123 e. The number of piperidine rings is 1. The van der Waals surface area contributed by atoms with E-state index in [1.807, 2.05) is 0 Å². The molecule has 3 atom stereocenters. The highest BCUT2D eigenvalue weighted by molar-refractivity contribution is 4.87. The van der Waals surface area contributed by atoms with Crippen molar-refractivity contribution in [2.75, 3.05) is 13.1 Å². The average Bonchev–Trinajstić information content (AvgIpc) is 2.24. The Morgan fingerprint density at radius 3 is 2.33 bits per heavy atom. The lowest BCUT2D eigenvalue weighted by molar-refractivity contribution is 0.0617. The summed E-state index contributed by atoms with van der Waals surface area (Å²) in [7, 11) is 0. The van der Waals surface area contributed by atoms with E-state index in [9.17, 15) is 0 Å². The van der Waals surface area contributed by atoms with Crippen LogP contribution in [-0.2, 0) is 0 Å². The quantitative estimate of drug-likeness (QED) is 0.719. The normalized spacial score (nSPS) is 40.6. The van der Waals surface area contributed by atoms with Crippen LogP contribution < -0.4 is 5.73 Å². The van der Waals surface area contributed by atoms with Gasteiger partial charge in [0.15, 0.2) is 0 Å². The van der Waals surface area contributed by atoms with Gasteiger partial charge in [0.25, 0.3) is 0 Å². The second-order valence-corrected chi connectivity index (χ2v) is 5.71. The lowest BCUT2D eigenvalue weighted by atomic mass is 9.77. The molecule has 0 aromatic rings. The van der Waals surface area contributed by atoms with Crippen molar-refractivity contribution in [3.8, 4) is 0 Å². The highest BCUT2D eigenvalue weighted by Crippen LogP contribution is 2.33. The molecule has 0 bridgehead atoms. The topological polar surface area (TPSA) is 29.3 Å². The molecule has 1 aliphatic heterocycles. The summed E-state index contributed by atoms with van der Waals surface area (Å²) in [5.41, 5.74) is 5.96. The van der Waals surface area contributed by atoms with Crippen LogP contribution in [0.4, 0.5) is 0 Å². The molecule has 0 radical (unpaired) electrons. The van der Waals surface area contributed by atoms with Crippen LogP contribution in [-0.4, -0.2) is 30.1 Å². The maximum absolute atomic E-state index is 5.96. The first-order valence-electron chi connectivity index (χ1n) is 6.68. The van der Waals surface area contributed by atoms with Crippen LogP contribution in [0, 0.1) is 11.8 Å². The van der Waals surface area contributed by atoms with Crippen LogP contribution in [0.15, 0.2) is 0 Å². The zero-order valence-corrected chi connectivity index (χ0v) is 10.3. The van der Waals surface area contributed by atoms with Crippen LogP contribution in [0.2, 0.25) is 0 Å². The van der Waals surface area contributed by atoms with Gasteiger partial charge in [0, 0.05) is 12.1 Å². The smallest absolute Gasteiger partial charge is 0.0123 e. The summed E-state index contributed by atoms with van der Waals surface area (Å²) in [6.45, 7) is 7.35. The molecule has 2 N–H and O–H groups in total. The summed E-state index contributed by atoms with van der Waals surface area (Å²) >= 11 is 0. The standard InChI is InChI=1S/C13H26N2/c1-10-4-3-5-13(11(10)2)15-8-6-12(14)7-9-15/h10-13H,3-9,14H2,1-2H3. The Labute approximate surface area is 94.2 Å². The van der Waals surface area contributed by atoms with Gasteiger partial charge in [0.1, 0.15) is 0 Å². The van der Waals surface area contributed by atoms with Crippen molar-refractivity contribution in [1.29, 1.82) is 0 Å². The number of likely N-dealkylation sites (tertiary alicyclic amines) is 1. The van der Waals surface area contributed by atoms with E-state index in [1.165, 1.54) is 45.2 Å². The summed E-state index contributed by atoms with van der Waals surface area (Å²) in [6.07, 6.45) is 6.69. The number of hydrogen-bond donors (Lipinski definition) is 1.